The normalized spacial score (nSPS) is 12.2. The molecule has 0 saturated heterocycles. The van der Waals surface area contributed by atoms with E-state index in [-0.39, 0.29) is 5.41 Å². The van der Waals surface area contributed by atoms with Crippen LogP contribution in [0.25, 0.3) is 10.9 Å². The van der Waals surface area contributed by atoms with Crippen LogP contribution >= 0.6 is 0 Å². The average molecular weight is 273 g/mol. The largest absolute Gasteiger partial charge is 0.497 e. The van der Waals surface area contributed by atoms with Crippen molar-refractivity contribution in [1.82, 2.24) is 14.9 Å². The Morgan fingerprint density at radius 1 is 1.15 bits per heavy atom. The molecule has 0 aliphatic carbocycles. The zero-order valence-electron chi connectivity index (χ0n) is 13.2. The Balaban J connectivity index is 2.67. The second kappa shape index (κ2) is 5.37. The van der Waals surface area contributed by atoms with E-state index in [4.69, 9.17) is 9.72 Å². The van der Waals surface area contributed by atoms with Gasteiger partial charge in [-0.3, -0.25) is 0 Å². The molecule has 4 nitrogen and oxygen atoms in total. The molecular formula is C16H23N3O. The Kier molecular flexibility index (Phi) is 3.95. The maximum atomic E-state index is 5.30. The molecule has 1 heterocycles. The van der Waals surface area contributed by atoms with Gasteiger partial charge in [-0.25, -0.2) is 9.97 Å². The summed E-state index contributed by atoms with van der Waals surface area (Å²) in [5.74, 6) is 1.67. The third-order valence-corrected chi connectivity index (χ3v) is 3.12. The van der Waals surface area contributed by atoms with Gasteiger partial charge in [-0.2, -0.15) is 0 Å². The van der Waals surface area contributed by atoms with Gasteiger partial charge in [-0.15, -0.1) is 0 Å². The summed E-state index contributed by atoms with van der Waals surface area (Å²) in [7, 11) is 5.72. The maximum absolute atomic E-state index is 5.30. The lowest BCUT2D eigenvalue weighted by atomic mass is 9.89. The van der Waals surface area contributed by atoms with E-state index in [9.17, 15) is 0 Å². The molecule has 0 aliphatic rings. The topological polar surface area (TPSA) is 38.2 Å². The van der Waals surface area contributed by atoms with Crippen molar-refractivity contribution in [3.8, 4) is 5.75 Å². The van der Waals surface area contributed by atoms with Gasteiger partial charge in [0.2, 0.25) is 0 Å². The first-order chi connectivity index (χ1) is 9.31. The summed E-state index contributed by atoms with van der Waals surface area (Å²) in [5.41, 5.74) is 2.01. The molecule has 0 saturated carbocycles. The Morgan fingerprint density at radius 2 is 1.85 bits per heavy atom. The van der Waals surface area contributed by atoms with Crippen molar-refractivity contribution in [3.63, 3.8) is 0 Å². The van der Waals surface area contributed by atoms with Gasteiger partial charge < -0.3 is 9.64 Å². The average Bonchev–Trinajstić information content (AvgIpc) is 2.35. The van der Waals surface area contributed by atoms with Crippen molar-refractivity contribution in [1.29, 1.82) is 0 Å². The highest BCUT2D eigenvalue weighted by Gasteiger charge is 2.21. The monoisotopic (exact) mass is 273 g/mol. The molecule has 4 heteroatoms. The van der Waals surface area contributed by atoms with E-state index in [1.807, 2.05) is 32.3 Å². The fourth-order valence-electron chi connectivity index (χ4n) is 2.21. The van der Waals surface area contributed by atoms with E-state index in [0.717, 1.165) is 34.7 Å². The number of fused-ring (bicyclic) bond motifs is 1. The lowest BCUT2D eigenvalue weighted by Crippen LogP contribution is -2.19. The summed E-state index contributed by atoms with van der Waals surface area (Å²) < 4.78 is 5.30. The predicted molar refractivity (Wildman–Crippen MR) is 82.2 cm³/mol. The number of ether oxygens (including phenoxy) is 1. The van der Waals surface area contributed by atoms with Gasteiger partial charge in [0, 0.05) is 16.9 Å². The number of hydrogen-bond acceptors (Lipinski definition) is 4. The molecular weight excluding hydrogens is 250 g/mol. The zero-order chi connectivity index (χ0) is 14.9. The Morgan fingerprint density at radius 3 is 2.40 bits per heavy atom. The van der Waals surface area contributed by atoms with Crippen LogP contribution < -0.4 is 4.74 Å². The summed E-state index contributed by atoms with van der Waals surface area (Å²) in [4.78, 5) is 11.5. The van der Waals surface area contributed by atoms with Crippen molar-refractivity contribution >= 4 is 10.9 Å². The van der Waals surface area contributed by atoms with Gasteiger partial charge in [0.25, 0.3) is 0 Å². The van der Waals surface area contributed by atoms with Crippen LogP contribution in [0.2, 0.25) is 0 Å². The van der Waals surface area contributed by atoms with Crippen LogP contribution in [0.1, 0.15) is 32.3 Å². The van der Waals surface area contributed by atoms with Crippen molar-refractivity contribution in [3.05, 3.63) is 29.7 Å². The van der Waals surface area contributed by atoms with Gasteiger partial charge in [0.05, 0.1) is 24.9 Å². The molecule has 1 aromatic heterocycles. The van der Waals surface area contributed by atoms with Gasteiger partial charge in [0.1, 0.15) is 11.6 Å². The third-order valence-electron chi connectivity index (χ3n) is 3.12. The quantitative estimate of drug-likeness (QED) is 0.861. The standard InChI is InChI=1S/C16H23N3O/c1-16(2,3)15-12-8-7-11(20-6)9-13(12)17-14(18-15)10-19(4)5/h7-9H,10H2,1-6H3. The molecule has 0 amide bonds. The highest BCUT2D eigenvalue weighted by Crippen LogP contribution is 2.29. The molecule has 2 aromatic rings. The van der Waals surface area contributed by atoms with Crippen LogP contribution in [0.3, 0.4) is 0 Å². The van der Waals surface area contributed by atoms with Crippen molar-refractivity contribution in [2.24, 2.45) is 0 Å². The van der Waals surface area contributed by atoms with Gasteiger partial charge in [-0.05, 0) is 26.2 Å². The lowest BCUT2D eigenvalue weighted by molar-refractivity contribution is 0.388. The van der Waals surface area contributed by atoms with Crippen LogP contribution in [0.4, 0.5) is 0 Å². The summed E-state index contributed by atoms with van der Waals surface area (Å²) in [5, 5.41) is 1.10. The van der Waals surface area contributed by atoms with Crippen molar-refractivity contribution in [2.75, 3.05) is 21.2 Å². The summed E-state index contributed by atoms with van der Waals surface area (Å²) >= 11 is 0. The first-order valence-corrected chi connectivity index (χ1v) is 6.81. The molecule has 0 fully saturated rings. The fraction of sp³-hybridized carbons (Fsp3) is 0.500. The van der Waals surface area contributed by atoms with Crippen LogP contribution in [0.15, 0.2) is 18.2 Å². The highest BCUT2D eigenvalue weighted by molar-refractivity contribution is 5.83. The minimum absolute atomic E-state index is 0.0170. The van der Waals surface area contributed by atoms with Crippen LogP contribution in [-0.2, 0) is 12.0 Å². The van der Waals surface area contributed by atoms with E-state index in [2.05, 4.69) is 30.7 Å². The second-order valence-corrected chi connectivity index (χ2v) is 6.36. The van der Waals surface area contributed by atoms with Crippen LogP contribution in [0, 0.1) is 0 Å². The molecule has 1 aromatic carbocycles. The molecule has 0 bridgehead atoms. The molecule has 0 aliphatic heterocycles. The summed E-state index contributed by atoms with van der Waals surface area (Å²) in [6.45, 7) is 7.27. The summed E-state index contributed by atoms with van der Waals surface area (Å²) in [6, 6.07) is 5.99. The van der Waals surface area contributed by atoms with Gasteiger partial charge in [-0.1, -0.05) is 20.8 Å². The fourth-order valence-corrected chi connectivity index (χ4v) is 2.21. The Labute approximate surface area is 120 Å². The van der Waals surface area contributed by atoms with Gasteiger partial charge >= 0.3 is 0 Å². The smallest absolute Gasteiger partial charge is 0.143 e. The minimum atomic E-state index is -0.0170. The molecule has 0 unspecified atom stereocenters. The van der Waals surface area contributed by atoms with Crippen LogP contribution in [0.5, 0.6) is 5.75 Å². The number of nitrogens with zero attached hydrogens (tertiary/aromatic N) is 3. The Hall–Kier alpha value is -1.68. The SMILES string of the molecule is COc1ccc2c(C(C)(C)C)nc(CN(C)C)nc2c1. The molecule has 0 N–H and O–H groups in total. The molecule has 20 heavy (non-hydrogen) atoms. The molecule has 0 spiro atoms. The van der Waals surface area contributed by atoms with E-state index >= 15 is 0 Å². The number of methoxy groups -OCH3 is 1. The highest BCUT2D eigenvalue weighted by atomic mass is 16.5. The van der Waals surface area contributed by atoms with E-state index in [1.54, 1.807) is 7.11 Å². The first kappa shape index (κ1) is 14.7. The lowest BCUT2D eigenvalue weighted by Gasteiger charge is -2.21. The predicted octanol–water partition coefficient (Wildman–Crippen LogP) is 3.00. The number of aromatic nitrogens is 2. The minimum Gasteiger partial charge on any atom is -0.497 e. The third kappa shape index (κ3) is 3.07. The van der Waals surface area contributed by atoms with Crippen molar-refractivity contribution < 1.29 is 4.74 Å². The van der Waals surface area contributed by atoms with Crippen molar-refractivity contribution in [2.45, 2.75) is 32.7 Å². The molecule has 108 valence electrons. The number of hydrogen-bond donors (Lipinski definition) is 0. The molecule has 2 rings (SSSR count). The molecule has 0 atom stereocenters. The van der Waals surface area contributed by atoms with Gasteiger partial charge in [0.15, 0.2) is 0 Å². The number of rotatable bonds is 3. The second-order valence-electron chi connectivity index (χ2n) is 6.36. The summed E-state index contributed by atoms with van der Waals surface area (Å²) in [6.07, 6.45) is 0. The van der Waals surface area contributed by atoms with E-state index in [0.29, 0.717) is 0 Å². The maximum Gasteiger partial charge on any atom is 0.143 e. The van der Waals surface area contributed by atoms with E-state index < -0.39 is 0 Å². The zero-order valence-corrected chi connectivity index (χ0v) is 13.2. The first-order valence-electron chi connectivity index (χ1n) is 6.81. The van der Waals surface area contributed by atoms with E-state index in [1.165, 1.54) is 0 Å². The Bertz CT molecular complexity index is 615. The molecule has 0 radical (unpaired) electrons. The number of benzene rings is 1. The van der Waals surface area contributed by atoms with Crippen LogP contribution in [-0.4, -0.2) is 36.1 Å².